The third-order valence-electron chi connectivity index (χ3n) is 5.12. The predicted molar refractivity (Wildman–Crippen MR) is 127 cm³/mol. The van der Waals surface area contributed by atoms with Crippen LogP contribution < -0.4 is 20.8 Å². The standard InChI is InChI=1S/C26H34N2O3/c1-5-6-14-30-24-21-13-12-20(31-17-19-10-8-7-9-11-19)15-22(21)25(29)28(23(24)16-27)18-26(2,3)4/h7-13,15H,5-6,14,16-18,27H2,1-4H3. The molecule has 0 unspecified atom stereocenters. The minimum atomic E-state index is -0.0798. The highest BCUT2D eigenvalue weighted by molar-refractivity contribution is 5.89. The molecule has 2 N–H and O–H groups in total. The quantitative estimate of drug-likeness (QED) is 0.478. The molecule has 166 valence electrons. The van der Waals surface area contributed by atoms with Crippen LogP contribution in [0.2, 0.25) is 0 Å². The van der Waals surface area contributed by atoms with E-state index in [0.717, 1.165) is 29.5 Å². The van der Waals surface area contributed by atoms with Crippen molar-refractivity contribution in [1.29, 1.82) is 0 Å². The van der Waals surface area contributed by atoms with Gasteiger partial charge in [0, 0.05) is 18.5 Å². The van der Waals surface area contributed by atoms with Crippen LogP contribution in [0.4, 0.5) is 0 Å². The molecular formula is C26H34N2O3. The maximum Gasteiger partial charge on any atom is 0.259 e. The Balaban J connectivity index is 2.08. The molecule has 2 aromatic carbocycles. The average molecular weight is 423 g/mol. The second kappa shape index (κ2) is 10.0. The van der Waals surface area contributed by atoms with Gasteiger partial charge in [-0.15, -0.1) is 0 Å². The fourth-order valence-electron chi connectivity index (χ4n) is 3.60. The zero-order chi connectivity index (χ0) is 22.4. The number of unbranched alkanes of at least 4 members (excludes halogenated alkanes) is 1. The lowest BCUT2D eigenvalue weighted by Crippen LogP contribution is -2.31. The number of rotatable bonds is 9. The number of aromatic nitrogens is 1. The highest BCUT2D eigenvalue weighted by Crippen LogP contribution is 2.32. The Labute approximate surface area is 184 Å². The molecule has 5 heteroatoms. The number of nitrogens with two attached hydrogens (primary N) is 1. The molecule has 3 aromatic rings. The lowest BCUT2D eigenvalue weighted by molar-refractivity contribution is 0.294. The number of fused-ring (bicyclic) bond motifs is 1. The molecule has 1 heterocycles. The summed E-state index contributed by atoms with van der Waals surface area (Å²) in [6.07, 6.45) is 1.98. The van der Waals surface area contributed by atoms with Crippen molar-refractivity contribution < 1.29 is 9.47 Å². The first-order chi connectivity index (χ1) is 14.8. The summed E-state index contributed by atoms with van der Waals surface area (Å²) in [5.74, 6) is 1.38. The number of benzene rings is 2. The van der Waals surface area contributed by atoms with Gasteiger partial charge in [0.1, 0.15) is 18.1 Å². The van der Waals surface area contributed by atoms with Gasteiger partial charge in [0.25, 0.3) is 5.56 Å². The van der Waals surface area contributed by atoms with E-state index in [1.54, 1.807) is 4.57 Å². The summed E-state index contributed by atoms with van der Waals surface area (Å²) in [7, 11) is 0. The SMILES string of the molecule is CCCCOc1c(CN)n(CC(C)(C)C)c(=O)c2cc(OCc3ccccc3)ccc12. The van der Waals surface area contributed by atoms with Gasteiger partial charge in [-0.3, -0.25) is 4.79 Å². The van der Waals surface area contributed by atoms with E-state index in [0.29, 0.717) is 36.6 Å². The monoisotopic (exact) mass is 422 g/mol. The highest BCUT2D eigenvalue weighted by atomic mass is 16.5. The Morgan fingerprint density at radius 1 is 1.00 bits per heavy atom. The van der Waals surface area contributed by atoms with E-state index in [4.69, 9.17) is 15.2 Å². The molecule has 0 radical (unpaired) electrons. The molecule has 0 aliphatic rings. The van der Waals surface area contributed by atoms with Crippen molar-refractivity contribution >= 4 is 10.8 Å². The van der Waals surface area contributed by atoms with Crippen LogP contribution in [0.1, 0.15) is 51.8 Å². The summed E-state index contributed by atoms with van der Waals surface area (Å²) < 4.78 is 13.9. The van der Waals surface area contributed by atoms with E-state index >= 15 is 0 Å². The van der Waals surface area contributed by atoms with Crippen molar-refractivity contribution in [3.8, 4) is 11.5 Å². The minimum Gasteiger partial charge on any atom is -0.491 e. The Morgan fingerprint density at radius 2 is 1.74 bits per heavy atom. The number of ether oxygens (including phenoxy) is 2. The van der Waals surface area contributed by atoms with E-state index in [1.165, 1.54) is 0 Å². The van der Waals surface area contributed by atoms with Crippen molar-refractivity contribution in [2.24, 2.45) is 11.1 Å². The van der Waals surface area contributed by atoms with Gasteiger partial charge < -0.3 is 19.8 Å². The number of hydrogen-bond acceptors (Lipinski definition) is 4. The number of hydrogen-bond donors (Lipinski definition) is 1. The van der Waals surface area contributed by atoms with Crippen molar-refractivity contribution in [3.05, 3.63) is 70.1 Å². The van der Waals surface area contributed by atoms with Gasteiger partial charge >= 0.3 is 0 Å². The van der Waals surface area contributed by atoms with Gasteiger partial charge in [-0.25, -0.2) is 0 Å². The van der Waals surface area contributed by atoms with Gasteiger partial charge in [0.2, 0.25) is 0 Å². The van der Waals surface area contributed by atoms with Crippen LogP contribution in [0.15, 0.2) is 53.3 Å². The minimum absolute atomic E-state index is 0.0571. The normalized spacial score (nSPS) is 11.6. The predicted octanol–water partition coefficient (Wildman–Crippen LogP) is 5.26. The number of pyridine rings is 1. The third-order valence-corrected chi connectivity index (χ3v) is 5.12. The molecule has 0 spiro atoms. The fourth-order valence-corrected chi connectivity index (χ4v) is 3.60. The molecule has 0 aliphatic carbocycles. The van der Waals surface area contributed by atoms with E-state index in [1.807, 2.05) is 48.5 Å². The first kappa shape index (κ1) is 22.9. The second-order valence-electron chi connectivity index (χ2n) is 9.12. The Morgan fingerprint density at radius 3 is 2.39 bits per heavy atom. The summed E-state index contributed by atoms with van der Waals surface area (Å²) in [6.45, 7) is 10.3. The molecule has 0 aliphatic heterocycles. The smallest absolute Gasteiger partial charge is 0.259 e. The highest BCUT2D eigenvalue weighted by Gasteiger charge is 2.21. The molecule has 0 saturated heterocycles. The van der Waals surface area contributed by atoms with Gasteiger partial charge in [-0.05, 0) is 35.6 Å². The molecule has 0 bridgehead atoms. The van der Waals surface area contributed by atoms with Crippen LogP contribution in [0.25, 0.3) is 10.8 Å². The third kappa shape index (κ3) is 5.67. The van der Waals surface area contributed by atoms with E-state index in [-0.39, 0.29) is 17.5 Å². The van der Waals surface area contributed by atoms with Crippen LogP contribution >= 0.6 is 0 Å². The summed E-state index contributed by atoms with van der Waals surface area (Å²) in [5, 5.41) is 1.39. The van der Waals surface area contributed by atoms with Crippen molar-refractivity contribution in [2.45, 2.75) is 60.2 Å². The first-order valence-electron chi connectivity index (χ1n) is 11.0. The lowest BCUT2D eigenvalue weighted by Gasteiger charge is -2.25. The lowest BCUT2D eigenvalue weighted by atomic mass is 9.96. The second-order valence-corrected chi connectivity index (χ2v) is 9.12. The van der Waals surface area contributed by atoms with Crippen LogP contribution in [0.3, 0.4) is 0 Å². The zero-order valence-corrected chi connectivity index (χ0v) is 19.1. The van der Waals surface area contributed by atoms with E-state index in [2.05, 4.69) is 27.7 Å². The molecule has 31 heavy (non-hydrogen) atoms. The van der Waals surface area contributed by atoms with E-state index < -0.39 is 0 Å². The maximum atomic E-state index is 13.5. The van der Waals surface area contributed by atoms with Crippen LogP contribution in [-0.2, 0) is 19.7 Å². The van der Waals surface area contributed by atoms with Crippen molar-refractivity contribution in [1.82, 2.24) is 4.57 Å². The van der Waals surface area contributed by atoms with Crippen molar-refractivity contribution in [3.63, 3.8) is 0 Å². The molecular weight excluding hydrogens is 388 g/mol. The Bertz CT molecular complexity index is 1070. The molecule has 3 rings (SSSR count). The Kier molecular flexibility index (Phi) is 7.39. The largest absolute Gasteiger partial charge is 0.491 e. The molecule has 0 amide bonds. The molecule has 5 nitrogen and oxygen atoms in total. The fraction of sp³-hybridized carbons (Fsp3) is 0.423. The topological polar surface area (TPSA) is 66.5 Å². The molecule has 0 fully saturated rings. The zero-order valence-electron chi connectivity index (χ0n) is 19.1. The summed E-state index contributed by atoms with van der Waals surface area (Å²) >= 11 is 0. The van der Waals surface area contributed by atoms with E-state index in [9.17, 15) is 4.79 Å². The average Bonchev–Trinajstić information content (AvgIpc) is 2.75. The van der Waals surface area contributed by atoms with Crippen LogP contribution in [-0.4, -0.2) is 11.2 Å². The van der Waals surface area contributed by atoms with Gasteiger partial charge in [-0.1, -0.05) is 64.4 Å². The summed E-state index contributed by atoms with van der Waals surface area (Å²) in [6, 6.07) is 15.6. The maximum absolute atomic E-state index is 13.5. The summed E-state index contributed by atoms with van der Waals surface area (Å²) in [5.41, 5.74) is 7.81. The molecule has 1 aromatic heterocycles. The first-order valence-corrected chi connectivity index (χ1v) is 11.0. The van der Waals surface area contributed by atoms with Crippen LogP contribution in [0, 0.1) is 5.41 Å². The molecule has 0 atom stereocenters. The molecule has 0 saturated carbocycles. The van der Waals surface area contributed by atoms with Gasteiger partial charge in [0.05, 0.1) is 17.7 Å². The van der Waals surface area contributed by atoms with Gasteiger partial charge in [-0.2, -0.15) is 0 Å². The summed E-state index contributed by atoms with van der Waals surface area (Å²) in [4.78, 5) is 13.5. The van der Waals surface area contributed by atoms with Crippen molar-refractivity contribution in [2.75, 3.05) is 6.61 Å². The number of nitrogens with zero attached hydrogens (tertiary/aromatic N) is 1. The van der Waals surface area contributed by atoms with Crippen LogP contribution in [0.5, 0.6) is 11.5 Å². The Hall–Kier alpha value is -2.79. The van der Waals surface area contributed by atoms with Gasteiger partial charge in [0.15, 0.2) is 0 Å².